The predicted octanol–water partition coefficient (Wildman–Crippen LogP) is 3.47. The summed E-state index contributed by atoms with van der Waals surface area (Å²) in [5.41, 5.74) is 4.26. The summed E-state index contributed by atoms with van der Waals surface area (Å²) >= 11 is 0. The molecule has 0 spiro atoms. The number of hydrogen-bond acceptors (Lipinski definition) is 3. The molecule has 5 heteroatoms. The fourth-order valence-electron chi connectivity index (χ4n) is 2.87. The van der Waals surface area contributed by atoms with Gasteiger partial charge in [-0.2, -0.15) is 0 Å². The topological polar surface area (TPSA) is 65.2 Å². The summed E-state index contributed by atoms with van der Waals surface area (Å²) in [6.45, 7) is 2.01. The Kier molecular flexibility index (Phi) is 5.07. The second kappa shape index (κ2) is 7.44. The van der Waals surface area contributed by atoms with Crippen molar-refractivity contribution in [1.29, 1.82) is 0 Å². The van der Waals surface area contributed by atoms with Gasteiger partial charge in [0.25, 0.3) is 5.56 Å². The van der Waals surface area contributed by atoms with Crippen molar-refractivity contribution in [3.05, 3.63) is 70.0 Å². The third-order valence-electron chi connectivity index (χ3n) is 4.37. The highest BCUT2D eigenvalue weighted by Gasteiger charge is 2.08. The van der Waals surface area contributed by atoms with Crippen molar-refractivity contribution < 1.29 is 4.79 Å². The number of carbonyl (C=O) groups excluding carboxylic acids is 1. The van der Waals surface area contributed by atoms with E-state index in [0.29, 0.717) is 12.0 Å². The molecule has 0 unspecified atom stereocenters. The van der Waals surface area contributed by atoms with Gasteiger partial charge in [-0.15, -0.1) is 0 Å². The molecule has 0 saturated heterocycles. The Labute approximate surface area is 152 Å². The van der Waals surface area contributed by atoms with Gasteiger partial charge in [-0.3, -0.25) is 9.59 Å². The fourth-order valence-corrected chi connectivity index (χ4v) is 2.87. The molecule has 1 amide bonds. The summed E-state index contributed by atoms with van der Waals surface area (Å²) in [7, 11) is 3.94. The molecule has 2 aromatic carbocycles. The fraction of sp³-hybridized carbons (Fsp3) is 0.238. The molecular formula is C21H23N3O2. The maximum Gasteiger partial charge on any atom is 0.251 e. The minimum Gasteiger partial charge on any atom is -0.378 e. The summed E-state index contributed by atoms with van der Waals surface area (Å²) in [5.74, 6) is -0.105. The zero-order chi connectivity index (χ0) is 18.7. The third kappa shape index (κ3) is 4.11. The van der Waals surface area contributed by atoms with Crippen LogP contribution in [0.25, 0.3) is 10.9 Å². The van der Waals surface area contributed by atoms with E-state index in [1.165, 1.54) is 0 Å². The van der Waals surface area contributed by atoms with Crippen molar-refractivity contribution in [2.75, 3.05) is 24.3 Å². The summed E-state index contributed by atoms with van der Waals surface area (Å²) in [6.07, 6.45) is 0.663. The molecule has 26 heavy (non-hydrogen) atoms. The molecule has 0 fully saturated rings. The van der Waals surface area contributed by atoms with Gasteiger partial charge in [0, 0.05) is 43.0 Å². The van der Waals surface area contributed by atoms with Crippen LogP contribution in [0.2, 0.25) is 0 Å². The minimum atomic E-state index is -0.135. The lowest BCUT2D eigenvalue weighted by Gasteiger charge is -2.13. The number of aromatic amines is 1. The minimum absolute atomic E-state index is 0.105. The van der Waals surface area contributed by atoms with E-state index >= 15 is 0 Å². The average molecular weight is 349 g/mol. The molecule has 0 radical (unpaired) electrons. The highest BCUT2D eigenvalue weighted by atomic mass is 16.1. The number of rotatable bonds is 5. The number of H-pyrrole nitrogens is 1. The molecule has 0 aliphatic rings. The molecule has 1 heterocycles. The lowest BCUT2D eigenvalue weighted by atomic mass is 10.1. The lowest BCUT2D eigenvalue weighted by molar-refractivity contribution is -0.116. The van der Waals surface area contributed by atoms with E-state index in [4.69, 9.17) is 0 Å². The summed E-state index contributed by atoms with van der Waals surface area (Å²) in [4.78, 5) is 29.3. The summed E-state index contributed by atoms with van der Waals surface area (Å²) in [6, 6.07) is 15.4. The van der Waals surface area contributed by atoms with Gasteiger partial charge in [0.15, 0.2) is 0 Å². The van der Waals surface area contributed by atoms with Gasteiger partial charge in [-0.05, 0) is 61.2 Å². The number of carbonyl (C=O) groups is 1. The van der Waals surface area contributed by atoms with Gasteiger partial charge in [-0.25, -0.2) is 0 Å². The van der Waals surface area contributed by atoms with Gasteiger partial charge in [0.2, 0.25) is 5.91 Å². The van der Waals surface area contributed by atoms with E-state index < -0.39 is 0 Å². The number of pyridine rings is 1. The van der Waals surface area contributed by atoms with E-state index in [1.54, 1.807) is 0 Å². The monoisotopic (exact) mass is 349 g/mol. The number of nitrogens with one attached hydrogen (secondary N) is 2. The second-order valence-corrected chi connectivity index (χ2v) is 6.70. The standard InChI is InChI=1S/C21H23N3O2/c1-14-4-10-19-16(12-14)13-15(21(26)23-19)5-11-20(25)22-17-6-8-18(9-7-17)24(2)3/h4,6-10,12-13H,5,11H2,1-3H3,(H,22,25)(H,23,26). The maximum absolute atomic E-state index is 12.2. The van der Waals surface area contributed by atoms with E-state index in [0.717, 1.165) is 27.8 Å². The van der Waals surface area contributed by atoms with Crippen LogP contribution >= 0.6 is 0 Å². The van der Waals surface area contributed by atoms with Gasteiger partial charge >= 0.3 is 0 Å². The van der Waals surface area contributed by atoms with Crippen LogP contribution in [0.3, 0.4) is 0 Å². The van der Waals surface area contributed by atoms with Crippen LogP contribution < -0.4 is 15.8 Å². The lowest BCUT2D eigenvalue weighted by Crippen LogP contribution is -2.17. The zero-order valence-corrected chi connectivity index (χ0v) is 15.3. The first kappa shape index (κ1) is 17.7. The number of benzene rings is 2. The van der Waals surface area contributed by atoms with Gasteiger partial charge in [-0.1, -0.05) is 11.6 Å². The van der Waals surface area contributed by atoms with Gasteiger partial charge in [0.05, 0.1) is 0 Å². The number of hydrogen-bond donors (Lipinski definition) is 2. The molecule has 0 atom stereocenters. The van der Waals surface area contributed by atoms with Crippen LogP contribution in [0.5, 0.6) is 0 Å². The smallest absolute Gasteiger partial charge is 0.251 e. The molecule has 0 bridgehead atoms. The van der Waals surface area contributed by atoms with Crippen molar-refractivity contribution in [2.24, 2.45) is 0 Å². The molecule has 134 valence electrons. The Balaban J connectivity index is 1.66. The first-order valence-corrected chi connectivity index (χ1v) is 8.62. The first-order chi connectivity index (χ1) is 12.4. The molecular weight excluding hydrogens is 326 g/mol. The third-order valence-corrected chi connectivity index (χ3v) is 4.37. The largest absolute Gasteiger partial charge is 0.378 e. The van der Waals surface area contributed by atoms with Crippen molar-refractivity contribution >= 4 is 28.2 Å². The average Bonchev–Trinajstić information content (AvgIpc) is 2.60. The Bertz CT molecular complexity index is 988. The highest BCUT2D eigenvalue weighted by molar-refractivity contribution is 5.91. The molecule has 2 N–H and O–H groups in total. The van der Waals surface area contributed by atoms with Crippen LogP contribution in [-0.2, 0) is 11.2 Å². The van der Waals surface area contributed by atoms with Crippen molar-refractivity contribution in [3.63, 3.8) is 0 Å². The number of amides is 1. The molecule has 3 rings (SSSR count). The SMILES string of the molecule is Cc1ccc2[nH]c(=O)c(CCC(=O)Nc3ccc(N(C)C)cc3)cc2c1. The van der Waals surface area contributed by atoms with Crippen LogP contribution in [0.1, 0.15) is 17.5 Å². The number of aromatic nitrogens is 1. The van der Waals surface area contributed by atoms with Crippen molar-refractivity contribution in [2.45, 2.75) is 19.8 Å². The van der Waals surface area contributed by atoms with E-state index in [9.17, 15) is 9.59 Å². The summed E-state index contributed by atoms with van der Waals surface area (Å²) in [5, 5.41) is 3.86. The first-order valence-electron chi connectivity index (χ1n) is 8.62. The number of aryl methyl sites for hydroxylation is 2. The molecule has 5 nitrogen and oxygen atoms in total. The number of anilines is 2. The second-order valence-electron chi connectivity index (χ2n) is 6.70. The quantitative estimate of drug-likeness (QED) is 0.741. The Morgan fingerprint density at radius 3 is 2.50 bits per heavy atom. The van der Waals surface area contributed by atoms with Crippen LogP contribution in [0.15, 0.2) is 53.3 Å². The molecule has 0 aliphatic heterocycles. The van der Waals surface area contributed by atoms with Crippen LogP contribution in [0.4, 0.5) is 11.4 Å². The highest BCUT2D eigenvalue weighted by Crippen LogP contribution is 2.17. The summed E-state index contributed by atoms with van der Waals surface area (Å²) < 4.78 is 0. The molecule has 0 aliphatic carbocycles. The number of nitrogens with zero attached hydrogens (tertiary/aromatic N) is 1. The Hall–Kier alpha value is -3.08. The molecule has 1 aromatic heterocycles. The van der Waals surface area contributed by atoms with Crippen molar-refractivity contribution in [1.82, 2.24) is 4.98 Å². The normalized spacial score (nSPS) is 10.7. The van der Waals surface area contributed by atoms with E-state index in [2.05, 4.69) is 10.3 Å². The molecule has 0 saturated carbocycles. The van der Waals surface area contributed by atoms with Gasteiger partial charge < -0.3 is 15.2 Å². The van der Waals surface area contributed by atoms with E-state index in [-0.39, 0.29) is 17.9 Å². The Morgan fingerprint density at radius 1 is 1.08 bits per heavy atom. The number of fused-ring (bicyclic) bond motifs is 1. The Morgan fingerprint density at radius 2 is 1.81 bits per heavy atom. The van der Waals surface area contributed by atoms with Crippen molar-refractivity contribution in [3.8, 4) is 0 Å². The molecule has 3 aromatic rings. The van der Waals surface area contributed by atoms with E-state index in [1.807, 2.05) is 74.4 Å². The maximum atomic E-state index is 12.2. The van der Waals surface area contributed by atoms with Crippen LogP contribution in [-0.4, -0.2) is 25.0 Å². The zero-order valence-electron chi connectivity index (χ0n) is 15.3. The predicted molar refractivity (Wildman–Crippen MR) is 107 cm³/mol. The van der Waals surface area contributed by atoms with Crippen LogP contribution in [0, 0.1) is 6.92 Å². The van der Waals surface area contributed by atoms with Gasteiger partial charge in [0.1, 0.15) is 0 Å².